The summed E-state index contributed by atoms with van der Waals surface area (Å²) in [5.74, 6) is 0.812. The molecular weight excluding hydrogens is 240 g/mol. The summed E-state index contributed by atoms with van der Waals surface area (Å²) < 4.78 is 0. The second-order valence-electron chi connectivity index (χ2n) is 4.17. The summed E-state index contributed by atoms with van der Waals surface area (Å²) in [4.78, 5) is 11.7. The Kier molecular flexibility index (Phi) is 5.36. The number of hydrogen-bond acceptors (Lipinski definition) is 2. The predicted molar refractivity (Wildman–Crippen MR) is 72.5 cm³/mol. The highest BCUT2D eigenvalue weighted by atomic mass is 35.5. The highest BCUT2D eigenvalue weighted by Crippen LogP contribution is 2.19. The first kappa shape index (κ1) is 13.6. The van der Waals surface area contributed by atoms with E-state index in [1.54, 1.807) is 11.8 Å². The van der Waals surface area contributed by atoms with E-state index in [2.05, 4.69) is 13.8 Å². The molecule has 0 bridgehead atoms. The summed E-state index contributed by atoms with van der Waals surface area (Å²) in [6, 6.07) is 5.83. The zero-order valence-corrected chi connectivity index (χ0v) is 11.5. The summed E-state index contributed by atoms with van der Waals surface area (Å²) >= 11 is 7.75. The maximum absolute atomic E-state index is 11.7. The topological polar surface area (TPSA) is 17.1 Å². The summed E-state index contributed by atoms with van der Waals surface area (Å²) in [7, 11) is 0. The molecule has 0 unspecified atom stereocenters. The van der Waals surface area contributed by atoms with E-state index in [1.807, 2.05) is 25.1 Å². The number of carbonyl (C=O) groups is 1. The lowest BCUT2D eigenvalue weighted by Gasteiger charge is -2.06. The highest BCUT2D eigenvalue weighted by molar-refractivity contribution is 8.00. The van der Waals surface area contributed by atoms with Gasteiger partial charge in [0.15, 0.2) is 0 Å². The number of ketones is 1. The molecule has 0 saturated heterocycles. The van der Waals surface area contributed by atoms with Gasteiger partial charge in [-0.05, 0) is 29.4 Å². The minimum Gasteiger partial charge on any atom is -0.298 e. The molecule has 0 atom stereocenters. The fourth-order valence-electron chi connectivity index (χ4n) is 1.32. The summed E-state index contributed by atoms with van der Waals surface area (Å²) in [5, 5.41) is 1.19. The molecule has 1 aromatic carbocycles. The first-order valence-electron chi connectivity index (χ1n) is 5.37. The molecule has 0 N–H and O–H groups in total. The molecule has 1 nitrogen and oxygen atoms in total. The molecule has 0 heterocycles. The number of hydrogen-bond donors (Lipinski definition) is 0. The van der Waals surface area contributed by atoms with Gasteiger partial charge in [-0.3, -0.25) is 4.79 Å². The Labute approximate surface area is 107 Å². The van der Waals surface area contributed by atoms with E-state index in [4.69, 9.17) is 11.6 Å². The van der Waals surface area contributed by atoms with E-state index in [-0.39, 0.29) is 5.78 Å². The Morgan fingerprint density at radius 2 is 2.12 bits per heavy atom. The van der Waals surface area contributed by atoms with E-state index in [0.717, 1.165) is 11.1 Å². The second-order valence-corrected chi connectivity index (χ2v) is 6.14. The van der Waals surface area contributed by atoms with Crippen LogP contribution in [0.3, 0.4) is 0 Å². The van der Waals surface area contributed by atoms with Gasteiger partial charge in [0.2, 0.25) is 0 Å². The molecule has 88 valence electrons. The summed E-state index contributed by atoms with van der Waals surface area (Å²) in [5.41, 5.74) is 2.05. The van der Waals surface area contributed by atoms with Gasteiger partial charge in [0, 0.05) is 11.4 Å². The summed E-state index contributed by atoms with van der Waals surface area (Å²) in [6.45, 7) is 6.18. The predicted octanol–water partition coefficient (Wildman–Crippen LogP) is 3.90. The molecule has 0 aliphatic heterocycles. The second kappa shape index (κ2) is 6.31. The molecule has 0 radical (unpaired) electrons. The van der Waals surface area contributed by atoms with Crippen LogP contribution >= 0.6 is 23.4 Å². The molecule has 0 aromatic heterocycles. The van der Waals surface area contributed by atoms with Crippen molar-refractivity contribution in [1.29, 1.82) is 0 Å². The number of thioether (sulfide) groups is 1. The smallest absolute Gasteiger partial charge is 0.147 e. The van der Waals surface area contributed by atoms with E-state index in [9.17, 15) is 4.79 Å². The van der Waals surface area contributed by atoms with E-state index in [0.29, 0.717) is 22.4 Å². The number of Topliss-reactive ketones (excluding diaryl/α,β-unsaturated/α-hetero) is 1. The molecular formula is C13H17ClOS. The van der Waals surface area contributed by atoms with Crippen molar-refractivity contribution in [2.45, 2.75) is 32.4 Å². The van der Waals surface area contributed by atoms with Gasteiger partial charge in [-0.2, -0.15) is 11.8 Å². The van der Waals surface area contributed by atoms with Gasteiger partial charge in [-0.1, -0.05) is 37.6 Å². The molecule has 0 fully saturated rings. The molecule has 0 saturated carbocycles. The van der Waals surface area contributed by atoms with Crippen LogP contribution in [0.4, 0.5) is 0 Å². The highest BCUT2D eigenvalue weighted by Gasteiger charge is 2.08. The minimum absolute atomic E-state index is 0.240. The quantitative estimate of drug-likeness (QED) is 0.795. The lowest BCUT2D eigenvalue weighted by atomic mass is 10.1. The Hall–Kier alpha value is -0.470. The standard InChI is InChI=1S/C13H17ClOS/c1-9(2)16-8-12(15)7-11-5-4-10(3)6-13(11)14/h4-6,9H,7-8H2,1-3H3. The molecule has 0 aliphatic rings. The van der Waals surface area contributed by atoms with Crippen molar-refractivity contribution in [3.63, 3.8) is 0 Å². The minimum atomic E-state index is 0.240. The van der Waals surface area contributed by atoms with Crippen LogP contribution in [-0.2, 0) is 11.2 Å². The fraction of sp³-hybridized carbons (Fsp3) is 0.462. The van der Waals surface area contributed by atoms with Crippen molar-refractivity contribution in [2.24, 2.45) is 0 Å². The molecule has 1 aromatic rings. The first-order chi connectivity index (χ1) is 7.49. The van der Waals surface area contributed by atoms with Crippen LogP contribution in [0.2, 0.25) is 5.02 Å². The molecule has 3 heteroatoms. The van der Waals surface area contributed by atoms with Crippen LogP contribution in [0, 0.1) is 6.92 Å². The van der Waals surface area contributed by atoms with Crippen molar-refractivity contribution >= 4 is 29.1 Å². The number of aryl methyl sites for hydroxylation is 1. The third-order valence-corrected chi connectivity index (χ3v) is 3.68. The average Bonchev–Trinajstić information content (AvgIpc) is 2.19. The largest absolute Gasteiger partial charge is 0.298 e. The maximum Gasteiger partial charge on any atom is 0.147 e. The fourth-order valence-corrected chi connectivity index (χ4v) is 2.24. The third-order valence-electron chi connectivity index (χ3n) is 2.17. The van der Waals surface area contributed by atoms with Crippen molar-refractivity contribution in [2.75, 3.05) is 5.75 Å². The SMILES string of the molecule is Cc1ccc(CC(=O)CSC(C)C)c(Cl)c1. The monoisotopic (exact) mass is 256 g/mol. The lowest BCUT2D eigenvalue weighted by molar-refractivity contribution is -0.116. The van der Waals surface area contributed by atoms with Gasteiger partial charge in [0.25, 0.3) is 0 Å². The van der Waals surface area contributed by atoms with Crippen LogP contribution in [0.5, 0.6) is 0 Å². The molecule has 0 amide bonds. The number of rotatable bonds is 5. The molecule has 0 spiro atoms. The number of carbonyl (C=O) groups excluding carboxylic acids is 1. The van der Waals surface area contributed by atoms with Gasteiger partial charge >= 0.3 is 0 Å². The zero-order valence-electron chi connectivity index (χ0n) is 9.92. The Balaban J connectivity index is 2.56. The Bertz CT molecular complexity index is 374. The van der Waals surface area contributed by atoms with Crippen molar-refractivity contribution in [3.8, 4) is 0 Å². The zero-order chi connectivity index (χ0) is 12.1. The van der Waals surface area contributed by atoms with Gasteiger partial charge in [0.1, 0.15) is 5.78 Å². The van der Waals surface area contributed by atoms with Crippen molar-refractivity contribution in [1.82, 2.24) is 0 Å². The van der Waals surface area contributed by atoms with Crippen LogP contribution in [0.25, 0.3) is 0 Å². The number of benzene rings is 1. The molecule has 0 aliphatic carbocycles. The van der Waals surface area contributed by atoms with Crippen molar-refractivity contribution < 1.29 is 4.79 Å². The Morgan fingerprint density at radius 3 is 2.69 bits per heavy atom. The van der Waals surface area contributed by atoms with E-state index in [1.165, 1.54) is 0 Å². The summed E-state index contributed by atoms with van der Waals surface area (Å²) in [6.07, 6.45) is 0.443. The van der Waals surface area contributed by atoms with Crippen LogP contribution < -0.4 is 0 Å². The van der Waals surface area contributed by atoms with Gasteiger partial charge in [-0.25, -0.2) is 0 Å². The van der Waals surface area contributed by atoms with Crippen molar-refractivity contribution in [3.05, 3.63) is 34.3 Å². The van der Waals surface area contributed by atoms with E-state index < -0.39 is 0 Å². The molecule has 1 rings (SSSR count). The van der Waals surface area contributed by atoms with Crippen LogP contribution in [0.1, 0.15) is 25.0 Å². The van der Waals surface area contributed by atoms with Gasteiger partial charge < -0.3 is 0 Å². The third kappa shape index (κ3) is 4.58. The molecule has 16 heavy (non-hydrogen) atoms. The van der Waals surface area contributed by atoms with Gasteiger partial charge in [-0.15, -0.1) is 0 Å². The average molecular weight is 257 g/mol. The maximum atomic E-state index is 11.7. The Morgan fingerprint density at radius 1 is 1.44 bits per heavy atom. The first-order valence-corrected chi connectivity index (χ1v) is 6.80. The number of halogens is 1. The van der Waals surface area contributed by atoms with Gasteiger partial charge in [0.05, 0.1) is 5.75 Å². The van der Waals surface area contributed by atoms with E-state index >= 15 is 0 Å². The lowest BCUT2D eigenvalue weighted by Crippen LogP contribution is -2.08. The van der Waals surface area contributed by atoms with Crippen LogP contribution in [-0.4, -0.2) is 16.8 Å². The van der Waals surface area contributed by atoms with Crippen LogP contribution in [0.15, 0.2) is 18.2 Å². The normalized spacial score (nSPS) is 10.8.